The van der Waals surface area contributed by atoms with E-state index in [1.807, 2.05) is 0 Å². The van der Waals surface area contributed by atoms with Crippen LogP contribution in [-0.2, 0) is 0 Å². The molecule has 0 radical (unpaired) electrons. The van der Waals surface area contributed by atoms with Crippen molar-refractivity contribution >= 4 is 11.8 Å². The minimum Gasteiger partial charge on any atom is -0.325 e. The van der Waals surface area contributed by atoms with Crippen LogP contribution in [-0.4, -0.2) is 16.8 Å². The summed E-state index contributed by atoms with van der Waals surface area (Å²) in [4.78, 5) is 0. The zero-order chi connectivity index (χ0) is 11.5. The summed E-state index contributed by atoms with van der Waals surface area (Å²) in [7, 11) is 0. The second-order valence-electron chi connectivity index (χ2n) is 4.42. The van der Waals surface area contributed by atoms with Gasteiger partial charge in [-0.1, -0.05) is 25.1 Å². The highest BCUT2D eigenvalue weighted by Crippen LogP contribution is 2.39. The minimum atomic E-state index is -4.11. The van der Waals surface area contributed by atoms with Crippen molar-refractivity contribution in [1.29, 1.82) is 0 Å². The molecule has 0 saturated heterocycles. The third-order valence-corrected chi connectivity index (χ3v) is 3.92. The van der Waals surface area contributed by atoms with Crippen molar-refractivity contribution in [3.63, 3.8) is 0 Å². The van der Waals surface area contributed by atoms with Gasteiger partial charge in [-0.3, -0.25) is 0 Å². The fourth-order valence-corrected chi connectivity index (χ4v) is 2.96. The molecule has 0 amide bonds. The summed E-state index contributed by atoms with van der Waals surface area (Å²) in [6.45, 7) is 2.11. The smallest absolute Gasteiger partial charge is 0.325 e. The van der Waals surface area contributed by atoms with Crippen molar-refractivity contribution in [2.24, 2.45) is 11.7 Å². The molecule has 0 aromatic rings. The standard InChI is InChI=1S/C10H18F3NS/c1-2-8-3-4-9(14,7-8)5-6-15-10(11,12)13/h8H,2-7,14H2,1H3. The fraction of sp³-hybridized carbons (Fsp3) is 1.00. The zero-order valence-electron chi connectivity index (χ0n) is 8.94. The van der Waals surface area contributed by atoms with Crippen LogP contribution in [0.1, 0.15) is 39.0 Å². The molecular formula is C10H18F3NS. The van der Waals surface area contributed by atoms with Gasteiger partial charge in [0.2, 0.25) is 0 Å². The van der Waals surface area contributed by atoms with Gasteiger partial charge in [0.25, 0.3) is 0 Å². The predicted molar refractivity (Wildman–Crippen MR) is 57.7 cm³/mol. The molecule has 0 spiro atoms. The average molecular weight is 241 g/mol. The number of halogens is 3. The molecule has 0 aromatic carbocycles. The Morgan fingerprint density at radius 3 is 2.60 bits per heavy atom. The maximum absolute atomic E-state index is 11.9. The highest BCUT2D eigenvalue weighted by atomic mass is 32.2. The molecule has 2 atom stereocenters. The molecule has 2 unspecified atom stereocenters. The van der Waals surface area contributed by atoms with Crippen molar-refractivity contribution in [3.8, 4) is 0 Å². The van der Waals surface area contributed by atoms with Crippen LogP contribution in [0.2, 0.25) is 0 Å². The van der Waals surface area contributed by atoms with Crippen LogP contribution < -0.4 is 5.73 Å². The second-order valence-corrected chi connectivity index (χ2v) is 5.58. The lowest BCUT2D eigenvalue weighted by Crippen LogP contribution is -2.37. The molecule has 90 valence electrons. The number of nitrogens with two attached hydrogens (primary N) is 1. The molecular weight excluding hydrogens is 223 g/mol. The first kappa shape index (κ1) is 13.2. The Morgan fingerprint density at radius 2 is 2.13 bits per heavy atom. The third kappa shape index (κ3) is 4.64. The summed E-state index contributed by atoms with van der Waals surface area (Å²) < 4.78 is 35.8. The number of hydrogen-bond donors (Lipinski definition) is 1. The first-order valence-corrected chi connectivity index (χ1v) is 6.33. The van der Waals surface area contributed by atoms with Crippen molar-refractivity contribution < 1.29 is 13.2 Å². The number of thioether (sulfide) groups is 1. The van der Waals surface area contributed by atoms with E-state index in [1.54, 1.807) is 0 Å². The monoisotopic (exact) mass is 241 g/mol. The van der Waals surface area contributed by atoms with Crippen LogP contribution in [0.3, 0.4) is 0 Å². The normalized spacial score (nSPS) is 32.2. The molecule has 5 heteroatoms. The molecule has 1 aliphatic rings. The molecule has 2 N–H and O–H groups in total. The lowest BCUT2D eigenvalue weighted by Gasteiger charge is -2.24. The number of alkyl halides is 3. The quantitative estimate of drug-likeness (QED) is 0.814. The highest BCUT2D eigenvalue weighted by molar-refractivity contribution is 8.00. The van der Waals surface area contributed by atoms with Gasteiger partial charge < -0.3 is 5.73 Å². The molecule has 1 saturated carbocycles. The van der Waals surface area contributed by atoms with Gasteiger partial charge in [0.1, 0.15) is 0 Å². The summed E-state index contributed by atoms with van der Waals surface area (Å²) in [5.41, 5.74) is 1.63. The number of rotatable bonds is 4. The lowest BCUT2D eigenvalue weighted by molar-refractivity contribution is -0.0328. The van der Waals surface area contributed by atoms with Crippen LogP contribution in [0.15, 0.2) is 0 Å². The SMILES string of the molecule is CCC1CCC(N)(CCSC(F)(F)F)C1. The van der Waals surface area contributed by atoms with E-state index in [0.29, 0.717) is 12.3 Å². The Labute approximate surface area is 93.0 Å². The molecule has 15 heavy (non-hydrogen) atoms. The maximum Gasteiger partial charge on any atom is 0.441 e. The van der Waals surface area contributed by atoms with Gasteiger partial charge in [0.05, 0.1) is 0 Å². The molecule has 0 aliphatic heterocycles. The van der Waals surface area contributed by atoms with Gasteiger partial charge in [-0.15, -0.1) is 0 Å². The van der Waals surface area contributed by atoms with E-state index in [2.05, 4.69) is 6.92 Å². The molecule has 1 fully saturated rings. The first-order chi connectivity index (χ1) is 6.85. The van der Waals surface area contributed by atoms with E-state index in [9.17, 15) is 13.2 Å². The minimum absolute atomic E-state index is 0.0478. The molecule has 0 aromatic heterocycles. The van der Waals surface area contributed by atoms with Gasteiger partial charge in [0.15, 0.2) is 0 Å². The fourth-order valence-electron chi connectivity index (χ4n) is 2.22. The topological polar surface area (TPSA) is 26.0 Å². The van der Waals surface area contributed by atoms with Gasteiger partial charge in [-0.25, -0.2) is 0 Å². The summed E-state index contributed by atoms with van der Waals surface area (Å²) >= 11 is 0.0478. The second kappa shape index (κ2) is 4.95. The van der Waals surface area contributed by atoms with Crippen molar-refractivity contribution in [1.82, 2.24) is 0 Å². The van der Waals surface area contributed by atoms with E-state index in [4.69, 9.17) is 5.73 Å². The molecule has 0 bridgehead atoms. The summed E-state index contributed by atoms with van der Waals surface area (Å²) in [6.07, 6.45) is 4.41. The van der Waals surface area contributed by atoms with Gasteiger partial charge >= 0.3 is 5.51 Å². The van der Waals surface area contributed by atoms with Gasteiger partial charge in [0, 0.05) is 11.3 Å². The van der Waals surface area contributed by atoms with Crippen molar-refractivity contribution in [3.05, 3.63) is 0 Å². The average Bonchev–Trinajstić information content (AvgIpc) is 2.45. The third-order valence-electron chi connectivity index (χ3n) is 3.19. The summed E-state index contributed by atoms with van der Waals surface area (Å²) in [6, 6.07) is 0. The van der Waals surface area contributed by atoms with Crippen LogP contribution in [0.4, 0.5) is 13.2 Å². The number of hydrogen-bond acceptors (Lipinski definition) is 2. The van der Waals surface area contributed by atoms with E-state index in [1.165, 1.54) is 0 Å². The Balaban J connectivity index is 2.26. The maximum atomic E-state index is 11.9. The molecule has 1 rings (SSSR count). The van der Waals surface area contributed by atoms with Crippen LogP contribution in [0.25, 0.3) is 0 Å². The Hall–Kier alpha value is 0.100. The van der Waals surface area contributed by atoms with Crippen LogP contribution in [0.5, 0.6) is 0 Å². The molecule has 1 aliphatic carbocycles. The van der Waals surface area contributed by atoms with E-state index in [0.717, 1.165) is 25.7 Å². The van der Waals surface area contributed by atoms with E-state index < -0.39 is 5.51 Å². The summed E-state index contributed by atoms with van der Waals surface area (Å²) in [5, 5.41) is 0. The van der Waals surface area contributed by atoms with E-state index in [-0.39, 0.29) is 23.1 Å². The molecule has 1 nitrogen and oxygen atoms in total. The highest BCUT2D eigenvalue weighted by Gasteiger charge is 2.36. The Bertz CT molecular complexity index is 207. The van der Waals surface area contributed by atoms with Crippen molar-refractivity contribution in [2.45, 2.75) is 50.1 Å². The van der Waals surface area contributed by atoms with Gasteiger partial charge in [-0.05, 0) is 31.6 Å². The van der Waals surface area contributed by atoms with Gasteiger partial charge in [-0.2, -0.15) is 13.2 Å². The molecule has 0 heterocycles. The summed E-state index contributed by atoms with van der Waals surface area (Å²) in [5.74, 6) is 0.710. The van der Waals surface area contributed by atoms with Crippen LogP contribution >= 0.6 is 11.8 Å². The Kier molecular flexibility index (Phi) is 4.35. The van der Waals surface area contributed by atoms with E-state index >= 15 is 0 Å². The van der Waals surface area contributed by atoms with Crippen molar-refractivity contribution in [2.75, 3.05) is 5.75 Å². The largest absolute Gasteiger partial charge is 0.441 e. The Morgan fingerprint density at radius 1 is 1.47 bits per heavy atom. The van der Waals surface area contributed by atoms with Crippen LogP contribution in [0, 0.1) is 5.92 Å². The predicted octanol–water partition coefficient (Wildman–Crippen LogP) is 3.54. The first-order valence-electron chi connectivity index (χ1n) is 5.34. The zero-order valence-corrected chi connectivity index (χ0v) is 9.76. The lowest BCUT2D eigenvalue weighted by atomic mass is 9.93.